The van der Waals surface area contributed by atoms with Gasteiger partial charge >= 0.3 is 0 Å². The van der Waals surface area contributed by atoms with Gasteiger partial charge in [0, 0.05) is 57.5 Å². The van der Waals surface area contributed by atoms with Gasteiger partial charge in [-0.1, -0.05) is 30.8 Å². The monoisotopic (exact) mass is 460 g/mol. The first-order chi connectivity index (χ1) is 15.6. The molecule has 1 saturated carbocycles. The summed E-state index contributed by atoms with van der Waals surface area (Å²) in [4.78, 5) is 37.9. The maximum Gasteiger partial charge on any atom is 0.227 e. The van der Waals surface area contributed by atoms with Crippen LogP contribution in [0.1, 0.15) is 70.0 Å². The minimum Gasteiger partial charge on any atom is -0.346 e. The molecule has 0 unspecified atom stereocenters. The number of rotatable bonds is 6. The maximum atomic E-state index is 12.8. The number of carbonyl (C=O) groups is 2. The third kappa shape index (κ3) is 5.46. The molecule has 9 nitrogen and oxygen atoms in total. The molecular formula is C22H32N6O3S. The molecule has 1 N–H and O–H groups in total. The van der Waals surface area contributed by atoms with Crippen molar-refractivity contribution < 1.29 is 14.1 Å². The number of aryl methyl sites for hydroxylation is 1. The van der Waals surface area contributed by atoms with Crippen molar-refractivity contribution in [3.8, 4) is 0 Å². The molecule has 4 rings (SSSR count). The largest absolute Gasteiger partial charge is 0.346 e. The molecule has 2 aromatic rings. The van der Waals surface area contributed by atoms with E-state index in [1.54, 1.807) is 11.3 Å². The topological polar surface area (TPSA) is 104 Å². The summed E-state index contributed by atoms with van der Waals surface area (Å²) in [6, 6.07) is 0. The van der Waals surface area contributed by atoms with Crippen LogP contribution in [0.5, 0.6) is 0 Å². The average Bonchev–Trinajstić information content (AvgIpc) is 3.36. The van der Waals surface area contributed by atoms with E-state index in [4.69, 9.17) is 4.52 Å². The van der Waals surface area contributed by atoms with Crippen LogP contribution >= 0.6 is 11.3 Å². The summed E-state index contributed by atoms with van der Waals surface area (Å²) in [7, 11) is 0. The third-order valence-electron chi connectivity index (χ3n) is 6.36. The Morgan fingerprint density at radius 1 is 1.12 bits per heavy atom. The van der Waals surface area contributed by atoms with Gasteiger partial charge in [0.2, 0.25) is 17.7 Å². The first-order valence-electron chi connectivity index (χ1n) is 11.6. The maximum absolute atomic E-state index is 12.8. The Hall–Kier alpha value is -2.49. The van der Waals surface area contributed by atoms with E-state index in [0.717, 1.165) is 69.7 Å². The predicted molar refractivity (Wildman–Crippen MR) is 121 cm³/mol. The third-order valence-corrected chi connectivity index (χ3v) is 7.19. The van der Waals surface area contributed by atoms with Gasteiger partial charge in [0.15, 0.2) is 11.0 Å². The molecule has 2 aliphatic rings. The van der Waals surface area contributed by atoms with Crippen LogP contribution in [-0.4, -0.2) is 58.0 Å². The van der Waals surface area contributed by atoms with Gasteiger partial charge in [-0.05, 0) is 19.3 Å². The van der Waals surface area contributed by atoms with Gasteiger partial charge in [0.25, 0.3) is 0 Å². The zero-order valence-corrected chi connectivity index (χ0v) is 19.5. The van der Waals surface area contributed by atoms with Gasteiger partial charge in [-0.3, -0.25) is 9.59 Å². The number of amides is 2. The van der Waals surface area contributed by atoms with Gasteiger partial charge in [-0.15, -0.1) is 11.3 Å². The molecule has 32 heavy (non-hydrogen) atoms. The summed E-state index contributed by atoms with van der Waals surface area (Å²) in [5.74, 6) is 1.03. The summed E-state index contributed by atoms with van der Waals surface area (Å²) >= 11 is 1.63. The van der Waals surface area contributed by atoms with Gasteiger partial charge in [0.05, 0.1) is 0 Å². The first-order valence-corrected chi connectivity index (χ1v) is 12.5. The minimum absolute atomic E-state index is 0.0821. The van der Waals surface area contributed by atoms with Crippen LogP contribution in [0.4, 0.5) is 5.13 Å². The summed E-state index contributed by atoms with van der Waals surface area (Å²) < 4.78 is 5.50. The average molecular weight is 461 g/mol. The lowest BCUT2D eigenvalue weighted by atomic mass is 9.89. The highest BCUT2D eigenvalue weighted by Gasteiger charge is 2.38. The molecule has 0 aromatic carbocycles. The van der Waals surface area contributed by atoms with Gasteiger partial charge < -0.3 is 19.6 Å². The van der Waals surface area contributed by atoms with Crippen molar-refractivity contribution in [3.05, 3.63) is 23.3 Å². The van der Waals surface area contributed by atoms with E-state index in [2.05, 4.69) is 25.3 Å². The van der Waals surface area contributed by atoms with Gasteiger partial charge in [-0.25, -0.2) is 4.98 Å². The van der Waals surface area contributed by atoms with Crippen LogP contribution in [0, 0.1) is 0 Å². The smallest absolute Gasteiger partial charge is 0.227 e. The standard InChI is InChI=1S/C22H32N6O3S/c1-17(29)25-22(9-4-2-3-5-10-22)20-24-18(31-26-20)7-8-19(30)27-12-6-13-28(15-14-27)21-23-11-16-32-21/h11,16H,2-10,12-15H2,1H3,(H,25,29). The number of hydrogen-bond donors (Lipinski definition) is 1. The number of nitrogens with zero attached hydrogens (tertiary/aromatic N) is 5. The zero-order valence-electron chi connectivity index (χ0n) is 18.7. The van der Waals surface area contributed by atoms with Crippen molar-refractivity contribution in [1.82, 2.24) is 25.3 Å². The fourth-order valence-electron chi connectivity index (χ4n) is 4.73. The highest BCUT2D eigenvalue weighted by molar-refractivity contribution is 7.13. The summed E-state index contributed by atoms with van der Waals surface area (Å²) in [6.07, 6.45) is 9.47. The van der Waals surface area contributed by atoms with E-state index in [-0.39, 0.29) is 11.8 Å². The lowest BCUT2D eigenvalue weighted by Gasteiger charge is -2.30. The molecule has 0 bridgehead atoms. The Labute approximate surface area is 192 Å². The Balaban J connectivity index is 1.34. The van der Waals surface area contributed by atoms with Crippen LogP contribution in [0.2, 0.25) is 0 Å². The fourth-order valence-corrected chi connectivity index (χ4v) is 5.42. The molecule has 0 spiro atoms. The molecule has 3 heterocycles. The van der Waals surface area contributed by atoms with Gasteiger partial charge in [0.1, 0.15) is 5.54 Å². The van der Waals surface area contributed by atoms with Crippen molar-refractivity contribution >= 4 is 28.3 Å². The molecular weight excluding hydrogens is 428 g/mol. The minimum atomic E-state index is -0.557. The molecule has 1 aliphatic heterocycles. The fraction of sp³-hybridized carbons (Fsp3) is 0.682. The lowest BCUT2D eigenvalue weighted by Crippen LogP contribution is -2.45. The van der Waals surface area contributed by atoms with Crippen LogP contribution in [0.25, 0.3) is 0 Å². The van der Waals surface area contributed by atoms with Gasteiger partial charge in [-0.2, -0.15) is 4.98 Å². The first kappa shape index (κ1) is 22.7. The van der Waals surface area contributed by atoms with E-state index >= 15 is 0 Å². The molecule has 0 atom stereocenters. The quantitative estimate of drug-likeness (QED) is 0.661. The van der Waals surface area contributed by atoms with Crippen molar-refractivity contribution in [2.24, 2.45) is 0 Å². The van der Waals surface area contributed by atoms with Crippen molar-refractivity contribution in [2.45, 2.75) is 70.3 Å². The van der Waals surface area contributed by atoms with E-state index in [0.29, 0.717) is 31.1 Å². The summed E-state index contributed by atoms with van der Waals surface area (Å²) in [6.45, 7) is 4.68. The Bertz CT molecular complexity index is 891. The number of aromatic nitrogens is 3. The predicted octanol–water partition coefficient (Wildman–Crippen LogP) is 2.88. The summed E-state index contributed by atoms with van der Waals surface area (Å²) in [5, 5.41) is 10.3. The van der Waals surface area contributed by atoms with E-state index in [1.807, 2.05) is 16.5 Å². The number of carbonyl (C=O) groups excluding carboxylic acids is 2. The van der Waals surface area contributed by atoms with E-state index in [9.17, 15) is 9.59 Å². The highest BCUT2D eigenvalue weighted by Crippen LogP contribution is 2.34. The van der Waals surface area contributed by atoms with E-state index < -0.39 is 5.54 Å². The van der Waals surface area contributed by atoms with E-state index in [1.165, 1.54) is 6.92 Å². The Morgan fingerprint density at radius 3 is 2.66 bits per heavy atom. The molecule has 1 aliphatic carbocycles. The molecule has 2 fully saturated rings. The molecule has 0 radical (unpaired) electrons. The highest BCUT2D eigenvalue weighted by atomic mass is 32.1. The molecule has 2 aromatic heterocycles. The van der Waals surface area contributed by atoms with Crippen molar-refractivity contribution in [2.75, 3.05) is 31.1 Å². The van der Waals surface area contributed by atoms with Crippen molar-refractivity contribution in [1.29, 1.82) is 0 Å². The number of anilines is 1. The van der Waals surface area contributed by atoms with Crippen LogP contribution in [0.15, 0.2) is 16.1 Å². The van der Waals surface area contributed by atoms with Crippen LogP contribution in [0.3, 0.4) is 0 Å². The second-order valence-corrected chi connectivity index (χ2v) is 9.60. The normalized spacial score (nSPS) is 19.3. The molecule has 1 saturated heterocycles. The number of thiazole rings is 1. The Kier molecular flexibility index (Phi) is 7.39. The summed E-state index contributed by atoms with van der Waals surface area (Å²) in [5.41, 5.74) is -0.557. The second-order valence-electron chi connectivity index (χ2n) is 8.73. The molecule has 10 heteroatoms. The van der Waals surface area contributed by atoms with Crippen LogP contribution in [-0.2, 0) is 21.5 Å². The van der Waals surface area contributed by atoms with Crippen LogP contribution < -0.4 is 10.2 Å². The lowest BCUT2D eigenvalue weighted by molar-refractivity contribution is -0.131. The number of hydrogen-bond acceptors (Lipinski definition) is 8. The zero-order chi connectivity index (χ0) is 22.4. The SMILES string of the molecule is CC(=O)NC1(c2noc(CCC(=O)N3CCCN(c4nccs4)CC3)n2)CCCCCC1. The number of nitrogens with one attached hydrogen (secondary N) is 1. The molecule has 2 amide bonds. The Morgan fingerprint density at radius 2 is 1.94 bits per heavy atom. The molecule has 174 valence electrons. The second kappa shape index (κ2) is 10.4. The van der Waals surface area contributed by atoms with Crippen molar-refractivity contribution in [3.63, 3.8) is 0 Å².